The number of hydrogen-bond donors (Lipinski definition) is 1. The molecular weight excluding hydrogens is 374 g/mol. The van der Waals surface area contributed by atoms with Crippen LogP contribution in [0.5, 0.6) is 5.75 Å². The van der Waals surface area contributed by atoms with Gasteiger partial charge >= 0.3 is 0 Å². The zero-order valence-electron chi connectivity index (χ0n) is 18.1. The first-order valence-corrected chi connectivity index (χ1v) is 11.1. The summed E-state index contributed by atoms with van der Waals surface area (Å²) in [5.41, 5.74) is 8.06. The Balaban J connectivity index is 1.56. The summed E-state index contributed by atoms with van der Waals surface area (Å²) in [5.74, 6) is 1.74. The molecule has 1 aliphatic carbocycles. The van der Waals surface area contributed by atoms with Gasteiger partial charge in [-0.2, -0.15) is 0 Å². The van der Waals surface area contributed by atoms with E-state index < -0.39 is 0 Å². The van der Waals surface area contributed by atoms with E-state index in [0.717, 1.165) is 42.2 Å². The maximum Gasteiger partial charge on any atom is 0.232 e. The maximum atomic E-state index is 6.39. The van der Waals surface area contributed by atoms with Crippen LogP contribution in [-0.2, 0) is 0 Å². The van der Waals surface area contributed by atoms with E-state index in [9.17, 15) is 0 Å². The molecule has 0 saturated carbocycles. The van der Waals surface area contributed by atoms with E-state index in [1.54, 1.807) is 0 Å². The molecule has 6 nitrogen and oxygen atoms in total. The number of nitrogens with zero attached hydrogens (tertiary/aromatic N) is 4. The Morgan fingerprint density at radius 3 is 2.67 bits per heavy atom. The summed E-state index contributed by atoms with van der Waals surface area (Å²) >= 11 is 0. The van der Waals surface area contributed by atoms with Gasteiger partial charge in [-0.1, -0.05) is 30.9 Å². The monoisotopic (exact) mass is 407 g/mol. The molecule has 4 rings (SSSR count). The molecule has 1 aliphatic heterocycles. The Kier molecular flexibility index (Phi) is 6.23. The van der Waals surface area contributed by atoms with Gasteiger partial charge in [-0.3, -0.25) is 4.40 Å². The summed E-state index contributed by atoms with van der Waals surface area (Å²) in [6.07, 6.45) is 16.5. The normalized spacial score (nSPS) is 30.2. The molecule has 1 saturated heterocycles. The minimum absolute atomic E-state index is 0.0344. The number of anilines is 1. The van der Waals surface area contributed by atoms with E-state index >= 15 is 0 Å². The highest BCUT2D eigenvalue weighted by molar-refractivity contribution is 5.50. The van der Waals surface area contributed by atoms with Gasteiger partial charge in [0, 0.05) is 24.5 Å². The Labute approximate surface area is 179 Å². The smallest absolute Gasteiger partial charge is 0.232 e. The van der Waals surface area contributed by atoms with Crippen molar-refractivity contribution in [2.75, 3.05) is 4.90 Å². The molecule has 4 atom stereocenters. The largest absolute Gasteiger partial charge is 0.489 e. The Morgan fingerprint density at radius 2 is 1.87 bits per heavy atom. The quantitative estimate of drug-likeness (QED) is 0.815. The van der Waals surface area contributed by atoms with E-state index in [0.29, 0.717) is 12.1 Å². The van der Waals surface area contributed by atoms with Gasteiger partial charge in [-0.25, -0.2) is 0 Å². The van der Waals surface area contributed by atoms with Gasteiger partial charge in [0.2, 0.25) is 5.95 Å². The van der Waals surface area contributed by atoms with Crippen LogP contribution in [0.2, 0.25) is 0 Å². The summed E-state index contributed by atoms with van der Waals surface area (Å²) in [6.45, 7) is 8.61. The predicted octanol–water partition coefficient (Wildman–Crippen LogP) is 4.42. The van der Waals surface area contributed by atoms with Crippen LogP contribution in [0, 0.1) is 0 Å². The highest BCUT2D eigenvalue weighted by Crippen LogP contribution is 2.29. The molecule has 0 radical (unpaired) electrons. The maximum absolute atomic E-state index is 6.39. The summed E-state index contributed by atoms with van der Waals surface area (Å²) in [4.78, 5) is 2.40. The fraction of sp³-hybridized carbons (Fsp3) is 0.500. The highest BCUT2D eigenvalue weighted by Gasteiger charge is 2.28. The lowest BCUT2D eigenvalue weighted by atomic mass is 9.98. The third kappa shape index (κ3) is 4.43. The van der Waals surface area contributed by atoms with Crippen LogP contribution in [0.15, 0.2) is 54.8 Å². The number of piperidine rings is 1. The van der Waals surface area contributed by atoms with Crippen molar-refractivity contribution in [2.24, 2.45) is 5.73 Å². The molecule has 160 valence electrons. The van der Waals surface area contributed by atoms with Crippen LogP contribution in [0.25, 0.3) is 5.65 Å². The SMILES string of the molecule is C=C1/C=C\C=C/C[C@H](Oc2ccc3nnc(N4[C@H](C)CCC[C@@H]4C)n3c2)CC[C@@H]1N. The summed E-state index contributed by atoms with van der Waals surface area (Å²) in [6, 6.07) is 4.84. The van der Waals surface area contributed by atoms with Crippen LogP contribution in [0.4, 0.5) is 5.95 Å². The van der Waals surface area contributed by atoms with Crippen molar-refractivity contribution in [3.8, 4) is 5.75 Å². The molecule has 2 aromatic rings. The molecule has 2 N–H and O–H groups in total. The van der Waals surface area contributed by atoms with Crippen molar-refractivity contribution in [1.82, 2.24) is 14.6 Å². The van der Waals surface area contributed by atoms with E-state index in [1.807, 2.05) is 36.6 Å². The Morgan fingerprint density at radius 1 is 1.07 bits per heavy atom. The van der Waals surface area contributed by atoms with Crippen LogP contribution >= 0.6 is 0 Å². The standard InChI is InChI=1S/C24H33N5O/c1-17-8-5-4-6-11-20(12-14-22(17)25)30-21-13-15-23-26-27-24(28(23)16-21)29-18(2)9-7-10-19(29)3/h4-6,8,13,15-16,18-20,22H,1,7,9-12,14,25H2,2-3H3/b6-4-,8-5-/t18-,19+,20-,22-/m0/s1. The Bertz CT molecular complexity index is 936. The predicted molar refractivity (Wildman–Crippen MR) is 122 cm³/mol. The van der Waals surface area contributed by atoms with Gasteiger partial charge in [-0.15, -0.1) is 10.2 Å². The van der Waals surface area contributed by atoms with Crippen LogP contribution < -0.4 is 15.4 Å². The van der Waals surface area contributed by atoms with Crippen molar-refractivity contribution in [3.05, 3.63) is 54.8 Å². The minimum Gasteiger partial charge on any atom is -0.489 e. The first kappa shape index (κ1) is 20.7. The summed E-state index contributed by atoms with van der Waals surface area (Å²) in [7, 11) is 0. The van der Waals surface area contributed by atoms with Crippen molar-refractivity contribution in [3.63, 3.8) is 0 Å². The second-order valence-corrected chi connectivity index (χ2v) is 8.65. The number of rotatable bonds is 3. The van der Waals surface area contributed by atoms with Gasteiger partial charge < -0.3 is 15.4 Å². The van der Waals surface area contributed by atoms with Crippen molar-refractivity contribution in [1.29, 1.82) is 0 Å². The van der Waals surface area contributed by atoms with Gasteiger partial charge in [0.05, 0.1) is 6.20 Å². The molecule has 0 aromatic carbocycles. The average Bonchev–Trinajstić information content (AvgIpc) is 3.13. The highest BCUT2D eigenvalue weighted by atomic mass is 16.5. The fourth-order valence-corrected chi connectivity index (χ4v) is 4.50. The van der Waals surface area contributed by atoms with E-state index in [4.69, 9.17) is 10.5 Å². The molecule has 30 heavy (non-hydrogen) atoms. The lowest BCUT2D eigenvalue weighted by molar-refractivity contribution is 0.188. The molecule has 1 fully saturated rings. The van der Waals surface area contributed by atoms with E-state index in [1.165, 1.54) is 19.3 Å². The van der Waals surface area contributed by atoms with Crippen LogP contribution in [0.3, 0.4) is 0 Å². The lowest BCUT2D eigenvalue weighted by Gasteiger charge is -2.39. The zero-order valence-corrected chi connectivity index (χ0v) is 18.1. The zero-order chi connectivity index (χ0) is 21.1. The fourth-order valence-electron chi connectivity index (χ4n) is 4.50. The number of hydrogen-bond acceptors (Lipinski definition) is 5. The summed E-state index contributed by atoms with van der Waals surface area (Å²) in [5, 5.41) is 8.90. The molecule has 0 spiro atoms. The molecule has 0 amide bonds. The molecule has 2 aromatic heterocycles. The van der Waals surface area contributed by atoms with Crippen molar-refractivity contribution in [2.45, 2.75) is 76.6 Å². The first-order valence-electron chi connectivity index (χ1n) is 11.1. The van der Waals surface area contributed by atoms with Gasteiger partial charge in [0.1, 0.15) is 11.9 Å². The van der Waals surface area contributed by atoms with Crippen LogP contribution in [-0.4, -0.2) is 38.8 Å². The minimum atomic E-state index is -0.0344. The molecule has 0 unspecified atom stereocenters. The second-order valence-electron chi connectivity index (χ2n) is 8.65. The molecule has 0 bridgehead atoms. The number of ether oxygens (including phenoxy) is 1. The van der Waals surface area contributed by atoms with E-state index in [-0.39, 0.29) is 12.1 Å². The number of aromatic nitrogens is 3. The number of fused-ring (bicyclic) bond motifs is 1. The van der Waals surface area contributed by atoms with Gasteiger partial charge in [0.25, 0.3) is 0 Å². The topological polar surface area (TPSA) is 68.7 Å². The summed E-state index contributed by atoms with van der Waals surface area (Å²) < 4.78 is 8.46. The third-order valence-corrected chi connectivity index (χ3v) is 6.32. The van der Waals surface area contributed by atoms with Crippen LogP contribution in [0.1, 0.15) is 52.4 Å². The van der Waals surface area contributed by atoms with Gasteiger partial charge in [0.15, 0.2) is 5.65 Å². The number of nitrogens with two attached hydrogens (primary N) is 1. The lowest BCUT2D eigenvalue weighted by Crippen LogP contribution is -2.44. The number of allylic oxidation sites excluding steroid dienone is 2. The number of pyridine rings is 1. The second kappa shape index (κ2) is 9.04. The third-order valence-electron chi connectivity index (χ3n) is 6.32. The van der Waals surface area contributed by atoms with Crippen molar-refractivity contribution >= 4 is 11.6 Å². The van der Waals surface area contributed by atoms with Crippen molar-refractivity contribution < 1.29 is 4.74 Å². The molecule has 3 heterocycles. The Hall–Kier alpha value is -2.60. The first-order chi connectivity index (χ1) is 14.5. The van der Waals surface area contributed by atoms with Gasteiger partial charge in [-0.05, 0) is 63.7 Å². The molecule has 2 aliphatic rings. The molecular formula is C24H33N5O. The molecule has 6 heteroatoms. The van der Waals surface area contributed by atoms with E-state index in [2.05, 4.69) is 46.0 Å². The average molecular weight is 408 g/mol.